The van der Waals surface area contributed by atoms with Crippen molar-refractivity contribution in [2.24, 2.45) is 0 Å². The average Bonchev–Trinajstić information content (AvgIpc) is 2.37. The summed E-state index contributed by atoms with van der Waals surface area (Å²) in [5.41, 5.74) is 3.05. The van der Waals surface area contributed by atoms with Gasteiger partial charge in [-0.3, -0.25) is 4.98 Å². The Morgan fingerprint density at radius 1 is 1.39 bits per heavy atom. The van der Waals surface area contributed by atoms with E-state index in [9.17, 15) is 4.79 Å². The highest BCUT2D eigenvalue weighted by molar-refractivity contribution is 5.93. The number of carboxylic acids is 1. The molecule has 0 atom stereocenters. The van der Waals surface area contributed by atoms with Crippen molar-refractivity contribution in [2.45, 2.75) is 13.5 Å². The van der Waals surface area contributed by atoms with Gasteiger partial charge in [-0.2, -0.15) is 0 Å². The number of nitrogens with zero attached hydrogens (tertiary/aromatic N) is 1. The van der Waals surface area contributed by atoms with Crippen LogP contribution < -0.4 is 5.32 Å². The molecule has 0 unspecified atom stereocenters. The van der Waals surface area contributed by atoms with Crippen LogP contribution in [0.5, 0.6) is 0 Å². The molecule has 0 bridgehead atoms. The molecule has 4 heteroatoms. The lowest BCUT2D eigenvalue weighted by atomic mass is 10.1. The van der Waals surface area contributed by atoms with Gasteiger partial charge in [0, 0.05) is 12.7 Å². The topological polar surface area (TPSA) is 62.2 Å². The lowest BCUT2D eigenvalue weighted by Crippen LogP contribution is -2.06. The van der Waals surface area contributed by atoms with Crippen molar-refractivity contribution in [3.8, 4) is 0 Å². The molecule has 92 valence electrons. The normalized spacial score (nSPS) is 10.1. The van der Waals surface area contributed by atoms with E-state index in [0.29, 0.717) is 12.2 Å². The molecule has 0 fully saturated rings. The second-order valence-corrected chi connectivity index (χ2v) is 4.07. The zero-order chi connectivity index (χ0) is 13.0. The van der Waals surface area contributed by atoms with E-state index in [0.717, 1.165) is 5.56 Å². The Bertz CT molecular complexity index is 567. The third-order valence-corrected chi connectivity index (χ3v) is 2.62. The average molecular weight is 242 g/mol. The van der Waals surface area contributed by atoms with Crippen LogP contribution in [0.2, 0.25) is 0 Å². The fraction of sp³-hybridized carbons (Fsp3) is 0.143. The quantitative estimate of drug-likeness (QED) is 0.865. The SMILES string of the molecule is Cc1cccc(CNc2cnccc2C(=O)O)c1. The van der Waals surface area contributed by atoms with Gasteiger partial charge in [0.1, 0.15) is 0 Å². The minimum atomic E-state index is -0.954. The van der Waals surface area contributed by atoms with E-state index < -0.39 is 5.97 Å². The van der Waals surface area contributed by atoms with Crippen molar-refractivity contribution in [3.63, 3.8) is 0 Å². The summed E-state index contributed by atoms with van der Waals surface area (Å²) in [6.07, 6.45) is 3.00. The molecule has 4 nitrogen and oxygen atoms in total. The van der Waals surface area contributed by atoms with E-state index in [1.54, 1.807) is 0 Å². The van der Waals surface area contributed by atoms with Gasteiger partial charge >= 0.3 is 5.97 Å². The Morgan fingerprint density at radius 2 is 2.22 bits per heavy atom. The van der Waals surface area contributed by atoms with E-state index in [4.69, 9.17) is 5.11 Å². The molecular formula is C14H14N2O2. The highest BCUT2D eigenvalue weighted by atomic mass is 16.4. The van der Waals surface area contributed by atoms with E-state index in [1.807, 2.05) is 25.1 Å². The number of aryl methyl sites for hydroxylation is 1. The molecule has 18 heavy (non-hydrogen) atoms. The lowest BCUT2D eigenvalue weighted by Gasteiger charge is -2.09. The standard InChI is InChI=1S/C14H14N2O2/c1-10-3-2-4-11(7-10)8-16-13-9-15-6-5-12(13)14(17)18/h2-7,9,16H,8H2,1H3,(H,17,18). The van der Waals surface area contributed by atoms with Gasteiger partial charge in [0.05, 0.1) is 17.4 Å². The van der Waals surface area contributed by atoms with Crippen LogP contribution in [0.25, 0.3) is 0 Å². The molecule has 2 rings (SSSR count). The second kappa shape index (κ2) is 5.31. The van der Waals surface area contributed by atoms with Crippen LogP contribution in [0.15, 0.2) is 42.7 Å². The lowest BCUT2D eigenvalue weighted by molar-refractivity contribution is 0.0698. The predicted molar refractivity (Wildman–Crippen MR) is 69.7 cm³/mol. The predicted octanol–water partition coefficient (Wildman–Crippen LogP) is 2.70. The highest BCUT2D eigenvalue weighted by Gasteiger charge is 2.08. The molecule has 0 saturated carbocycles. The number of anilines is 1. The Balaban J connectivity index is 2.13. The van der Waals surface area contributed by atoms with Crippen molar-refractivity contribution < 1.29 is 9.90 Å². The smallest absolute Gasteiger partial charge is 0.337 e. The first-order chi connectivity index (χ1) is 8.66. The third-order valence-electron chi connectivity index (χ3n) is 2.62. The van der Waals surface area contributed by atoms with Gasteiger partial charge in [-0.05, 0) is 18.6 Å². The van der Waals surface area contributed by atoms with E-state index in [-0.39, 0.29) is 5.56 Å². The molecular weight excluding hydrogens is 228 g/mol. The van der Waals surface area contributed by atoms with Crippen LogP contribution in [-0.2, 0) is 6.54 Å². The molecule has 0 aliphatic heterocycles. The maximum absolute atomic E-state index is 11.0. The van der Waals surface area contributed by atoms with Gasteiger partial charge in [-0.15, -0.1) is 0 Å². The molecule has 0 saturated heterocycles. The fourth-order valence-corrected chi connectivity index (χ4v) is 1.74. The van der Waals surface area contributed by atoms with E-state index >= 15 is 0 Å². The van der Waals surface area contributed by atoms with Gasteiger partial charge in [-0.25, -0.2) is 4.79 Å². The number of rotatable bonds is 4. The summed E-state index contributed by atoms with van der Waals surface area (Å²) in [6, 6.07) is 9.55. The van der Waals surface area contributed by atoms with E-state index in [2.05, 4.69) is 16.4 Å². The van der Waals surface area contributed by atoms with Gasteiger partial charge in [0.2, 0.25) is 0 Å². The van der Waals surface area contributed by atoms with Crippen LogP contribution >= 0.6 is 0 Å². The van der Waals surface area contributed by atoms with Crippen LogP contribution in [-0.4, -0.2) is 16.1 Å². The summed E-state index contributed by atoms with van der Waals surface area (Å²) >= 11 is 0. The number of hydrogen-bond donors (Lipinski definition) is 2. The van der Waals surface area contributed by atoms with Crippen molar-refractivity contribution >= 4 is 11.7 Å². The third kappa shape index (κ3) is 2.85. The number of pyridine rings is 1. The number of aromatic nitrogens is 1. The van der Waals surface area contributed by atoms with Crippen LogP contribution in [0.3, 0.4) is 0 Å². The van der Waals surface area contributed by atoms with E-state index in [1.165, 1.54) is 24.0 Å². The molecule has 0 spiro atoms. The minimum absolute atomic E-state index is 0.234. The summed E-state index contributed by atoms with van der Waals surface area (Å²) in [5.74, 6) is -0.954. The fourth-order valence-electron chi connectivity index (χ4n) is 1.74. The molecule has 0 amide bonds. The number of benzene rings is 1. The first kappa shape index (κ1) is 12.1. The number of carboxylic acid groups (broad SMARTS) is 1. The first-order valence-electron chi connectivity index (χ1n) is 5.63. The molecule has 0 radical (unpaired) electrons. The second-order valence-electron chi connectivity index (χ2n) is 4.07. The zero-order valence-electron chi connectivity index (χ0n) is 10.1. The van der Waals surface area contributed by atoms with Gasteiger partial charge in [0.25, 0.3) is 0 Å². The van der Waals surface area contributed by atoms with Gasteiger partial charge < -0.3 is 10.4 Å². The molecule has 1 aromatic heterocycles. The van der Waals surface area contributed by atoms with Crippen molar-refractivity contribution in [2.75, 3.05) is 5.32 Å². The van der Waals surface area contributed by atoms with Crippen LogP contribution in [0, 0.1) is 6.92 Å². The largest absolute Gasteiger partial charge is 0.478 e. The minimum Gasteiger partial charge on any atom is -0.478 e. The monoisotopic (exact) mass is 242 g/mol. The van der Waals surface area contributed by atoms with Crippen molar-refractivity contribution in [1.29, 1.82) is 0 Å². The number of aromatic carboxylic acids is 1. The Hall–Kier alpha value is -2.36. The Labute approximate surface area is 105 Å². The van der Waals surface area contributed by atoms with Crippen molar-refractivity contribution in [3.05, 3.63) is 59.4 Å². The number of nitrogens with one attached hydrogen (secondary N) is 1. The molecule has 1 heterocycles. The first-order valence-corrected chi connectivity index (χ1v) is 5.63. The Kier molecular flexibility index (Phi) is 3.57. The molecule has 0 aliphatic carbocycles. The van der Waals surface area contributed by atoms with Crippen molar-refractivity contribution in [1.82, 2.24) is 4.98 Å². The van der Waals surface area contributed by atoms with Crippen LogP contribution in [0.1, 0.15) is 21.5 Å². The molecule has 2 aromatic rings. The zero-order valence-corrected chi connectivity index (χ0v) is 10.1. The summed E-state index contributed by atoms with van der Waals surface area (Å²) in [7, 11) is 0. The van der Waals surface area contributed by atoms with Crippen LogP contribution in [0.4, 0.5) is 5.69 Å². The molecule has 0 aliphatic rings. The van der Waals surface area contributed by atoms with Gasteiger partial charge in [-0.1, -0.05) is 29.8 Å². The maximum atomic E-state index is 11.0. The number of carbonyl (C=O) groups is 1. The van der Waals surface area contributed by atoms with Gasteiger partial charge in [0.15, 0.2) is 0 Å². The summed E-state index contributed by atoms with van der Waals surface area (Å²) < 4.78 is 0. The molecule has 2 N–H and O–H groups in total. The summed E-state index contributed by atoms with van der Waals surface area (Å²) in [6.45, 7) is 2.60. The molecule has 1 aromatic carbocycles. The highest BCUT2D eigenvalue weighted by Crippen LogP contribution is 2.15. The number of hydrogen-bond acceptors (Lipinski definition) is 3. The summed E-state index contributed by atoms with van der Waals surface area (Å²) in [5, 5.41) is 12.1. The Morgan fingerprint density at radius 3 is 2.94 bits per heavy atom. The maximum Gasteiger partial charge on any atom is 0.337 e. The summed E-state index contributed by atoms with van der Waals surface area (Å²) in [4.78, 5) is 15.0.